The largest absolute Gasteiger partial charge is 0.453 e. The molecule has 0 aliphatic carbocycles. The van der Waals surface area contributed by atoms with Gasteiger partial charge in [-0.25, -0.2) is 4.79 Å². The zero-order valence-corrected chi connectivity index (χ0v) is 8.74. The highest BCUT2D eigenvalue weighted by molar-refractivity contribution is 5.86. The lowest BCUT2D eigenvalue weighted by atomic mass is 10.1. The number of likely N-dealkylation sites (tertiary alicyclic amines) is 1. The minimum absolute atomic E-state index is 0.125. The Morgan fingerprint density at radius 3 is 2.64 bits per heavy atom. The van der Waals surface area contributed by atoms with Crippen molar-refractivity contribution in [2.75, 3.05) is 20.7 Å². The lowest BCUT2D eigenvalue weighted by molar-refractivity contribution is -0.124. The number of hydrogen-bond acceptors (Lipinski definition) is 3. The van der Waals surface area contributed by atoms with E-state index < -0.39 is 6.09 Å². The third kappa shape index (κ3) is 1.97. The first kappa shape index (κ1) is 10.8. The second-order valence-electron chi connectivity index (χ2n) is 3.59. The van der Waals surface area contributed by atoms with Gasteiger partial charge in [0.05, 0.1) is 7.11 Å². The van der Waals surface area contributed by atoms with Crippen molar-refractivity contribution in [1.82, 2.24) is 10.2 Å². The van der Waals surface area contributed by atoms with E-state index in [9.17, 15) is 9.59 Å². The molecule has 1 heterocycles. The zero-order valence-electron chi connectivity index (χ0n) is 8.74. The number of carbonyl (C=O) groups excluding carboxylic acids is 2. The van der Waals surface area contributed by atoms with Crippen molar-refractivity contribution in [3.8, 4) is 0 Å². The lowest BCUT2D eigenvalue weighted by Gasteiger charge is -2.21. The van der Waals surface area contributed by atoms with Gasteiger partial charge in [0.25, 0.3) is 0 Å². The molecule has 2 amide bonds. The van der Waals surface area contributed by atoms with Gasteiger partial charge in [0.1, 0.15) is 6.04 Å². The predicted octanol–water partition coefficient (Wildman–Crippen LogP) is 0.209. The Labute approximate surface area is 83.4 Å². The van der Waals surface area contributed by atoms with Crippen LogP contribution < -0.4 is 5.32 Å². The molecule has 5 heteroatoms. The van der Waals surface area contributed by atoms with Crippen molar-refractivity contribution in [3.05, 3.63) is 0 Å². The average Bonchev–Trinajstić information content (AvgIpc) is 2.58. The van der Waals surface area contributed by atoms with Gasteiger partial charge in [0, 0.05) is 13.6 Å². The van der Waals surface area contributed by atoms with Crippen molar-refractivity contribution in [2.24, 2.45) is 5.92 Å². The number of nitrogens with one attached hydrogen (secondary N) is 1. The maximum Gasteiger partial charge on any atom is 0.410 e. The summed E-state index contributed by atoms with van der Waals surface area (Å²) < 4.78 is 4.61. The summed E-state index contributed by atoms with van der Waals surface area (Å²) in [6.07, 6.45) is 0.275. The highest BCUT2D eigenvalue weighted by atomic mass is 16.5. The second-order valence-corrected chi connectivity index (χ2v) is 3.59. The smallest absolute Gasteiger partial charge is 0.410 e. The molecule has 1 saturated heterocycles. The van der Waals surface area contributed by atoms with Gasteiger partial charge in [-0.2, -0.15) is 0 Å². The number of amides is 2. The third-order valence-electron chi connectivity index (χ3n) is 2.47. The van der Waals surface area contributed by atoms with E-state index in [-0.39, 0.29) is 11.9 Å². The minimum atomic E-state index is -0.428. The van der Waals surface area contributed by atoms with E-state index in [4.69, 9.17) is 0 Å². The summed E-state index contributed by atoms with van der Waals surface area (Å²) in [5.41, 5.74) is 0. The van der Waals surface area contributed by atoms with Gasteiger partial charge in [0.2, 0.25) is 5.91 Å². The van der Waals surface area contributed by atoms with Crippen LogP contribution >= 0.6 is 0 Å². The molecule has 1 fully saturated rings. The van der Waals surface area contributed by atoms with E-state index >= 15 is 0 Å². The Balaban J connectivity index is 2.72. The predicted molar refractivity (Wildman–Crippen MR) is 50.7 cm³/mol. The number of hydrogen-bond donors (Lipinski definition) is 1. The first-order chi connectivity index (χ1) is 6.60. The number of rotatable bonds is 1. The monoisotopic (exact) mass is 200 g/mol. The van der Waals surface area contributed by atoms with E-state index in [1.807, 2.05) is 6.92 Å². The van der Waals surface area contributed by atoms with Gasteiger partial charge in [-0.15, -0.1) is 0 Å². The van der Waals surface area contributed by atoms with Crippen molar-refractivity contribution in [1.29, 1.82) is 0 Å². The Morgan fingerprint density at radius 1 is 1.50 bits per heavy atom. The molecule has 0 radical (unpaired) electrons. The summed E-state index contributed by atoms with van der Waals surface area (Å²) in [6, 6.07) is -0.373. The van der Waals surface area contributed by atoms with Crippen LogP contribution in [-0.4, -0.2) is 43.6 Å². The van der Waals surface area contributed by atoms with Crippen LogP contribution in [0.5, 0.6) is 0 Å². The molecule has 1 aliphatic rings. The number of nitrogens with zero attached hydrogens (tertiary/aromatic N) is 1. The molecule has 0 aromatic carbocycles. The quantitative estimate of drug-likeness (QED) is 0.658. The van der Waals surface area contributed by atoms with Crippen LogP contribution in [0.2, 0.25) is 0 Å². The molecule has 1 N–H and O–H groups in total. The standard InChI is InChI=1S/C9H16N2O3/c1-6-4-7(8(12)10-2)11(5-6)9(13)14-3/h6-7H,4-5H2,1-3H3,(H,10,12)/t6-,7+/m1/s1. The molecular weight excluding hydrogens is 184 g/mol. The van der Waals surface area contributed by atoms with Gasteiger partial charge in [-0.3, -0.25) is 9.69 Å². The van der Waals surface area contributed by atoms with Crippen molar-refractivity contribution in [3.63, 3.8) is 0 Å². The average molecular weight is 200 g/mol. The van der Waals surface area contributed by atoms with Crippen LogP contribution in [0.3, 0.4) is 0 Å². The Bertz CT molecular complexity index is 218. The Kier molecular flexibility index (Phi) is 3.33. The van der Waals surface area contributed by atoms with Crippen molar-refractivity contribution in [2.45, 2.75) is 19.4 Å². The van der Waals surface area contributed by atoms with Gasteiger partial charge >= 0.3 is 6.09 Å². The number of likely N-dealkylation sites (N-methyl/N-ethyl adjacent to an activating group) is 1. The Hall–Kier alpha value is -1.26. The van der Waals surface area contributed by atoms with Crippen LogP contribution in [0.1, 0.15) is 13.3 Å². The van der Waals surface area contributed by atoms with Gasteiger partial charge in [-0.05, 0) is 12.3 Å². The summed E-state index contributed by atoms with van der Waals surface area (Å²) >= 11 is 0. The summed E-state index contributed by atoms with van der Waals surface area (Å²) in [7, 11) is 2.90. The van der Waals surface area contributed by atoms with Gasteiger partial charge < -0.3 is 10.1 Å². The van der Waals surface area contributed by atoms with Crippen molar-refractivity contribution < 1.29 is 14.3 Å². The van der Waals surface area contributed by atoms with Crippen LogP contribution in [0.15, 0.2) is 0 Å². The molecule has 14 heavy (non-hydrogen) atoms. The molecular formula is C9H16N2O3. The second kappa shape index (κ2) is 4.30. The summed E-state index contributed by atoms with van der Waals surface area (Å²) in [5.74, 6) is 0.219. The molecule has 0 spiro atoms. The van der Waals surface area contributed by atoms with Crippen LogP contribution in [0, 0.1) is 5.92 Å². The summed E-state index contributed by atoms with van der Waals surface area (Å²) in [5, 5.41) is 2.55. The number of carbonyl (C=O) groups is 2. The lowest BCUT2D eigenvalue weighted by Crippen LogP contribution is -2.44. The minimum Gasteiger partial charge on any atom is -0.453 e. The molecule has 0 aromatic heterocycles. The first-order valence-electron chi connectivity index (χ1n) is 4.66. The van der Waals surface area contributed by atoms with Crippen LogP contribution in [0.4, 0.5) is 4.79 Å². The molecule has 2 atom stereocenters. The zero-order chi connectivity index (χ0) is 10.7. The maximum absolute atomic E-state index is 11.4. The van der Waals surface area contributed by atoms with E-state index in [0.717, 1.165) is 0 Å². The first-order valence-corrected chi connectivity index (χ1v) is 4.66. The van der Waals surface area contributed by atoms with E-state index in [2.05, 4.69) is 10.1 Å². The van der Waals surface area contributed by atoms with Crippen LogP contribution in [0.25, 0.3) is 0 Å². The third-order valence-corrected chi connectivity index (χ3v) is 2.47. The topological polar surface area (TPSA) is 58.6 Å². The highest BCUT2D eigenvalue weighted by Gasteiger charge is 2.37. The fourth-order valence-electron chi connectivity index (χ4n) is 1.78. The Morgan fingerprint density at radius 2 is 2.14 bits per heavy atom. The highest BCUT2D eigenvalue weighted by Crippen LogP contribution is 2.23. The van der Waals surface area contributed by atoms with Crippen molar-refractivity contribution >= 4 is 12.0 Å². The van der Waals surface area contributed by atoms with Gasteiger partial charge in [0.15, 0.2) is 0 Å². The summed E-state index contributed by atoms with van der Waals surface area (Å²) in [6.45, 7) is 2.60. The molecule has 1 aliphatic heterocycles. The fourth-order valence-corrected chi connectivity index (χ4v) is 1.78. The van der Waals surface area contributed by atoms with Crippen LogP contribution in [-0.2, 0) is 9.53 Å². The number of methoxy groups -OCH3 is 1. The molecule has 0 saturated carbocycles. The maximum atomic E-state index is 11.4. The van der Waals surface area contributed by atoms with E-state index in [0.29, 0.717) is 18.9 Å². The molecule has 0 aromatic rings. The molecule has 1 rings (SSSR count). The van der Waals surface area contributed by atoms with Gasteiger partial charge in [-0.1, -0.05) is 6.92 Å². The molecule has 80 valence electrons. The SMILES string of the molecule is CNC(=O)[C@@H]1C[C@@H](C)CN1C(=O)OC. The summed E-state index contributed by atoms with van der Waals surface area (Å²) in [4.78, 5) is 24.2. The normalized spacial score (nSPS) is 26.1. The van der Waals surface area contributed by atoms with E-state index in [1.54, 1.807) is 7.05 Å². The fraction of sp³-hybridized carbons (Fsp3) is 0.778. The molecule has 5 nitrogen and oxygen atoms in total. The van der Waals surface area contributed by atoms with E-state index in [1.165, 1.54) is 12.0 Å². The number of ether oxygens (including phenoxy) is 1. The molecule has 0 unspecified atom stereocenters. The molecule has 0 bridgehead atoms.